The minimum atomic E-state index is -4.70. The average molecular weight is 294 g/mol. The molecule has 6 heteroatoms. The summed E-state index contributed by atoms with van der Waals surface area (Å²) in [5, 5.41) is -1.33. The summed E-state index contributed by atoms with van der Waals surface area (Å²) in [6, 6.07) is 7.51. The molecule has 0 unspecified atom stereocenters. The summed E-state index contributed by atoms with van der Waals surface area (Å²) >= 11 is 0. The van der Waals surface area contributed by atoms with E-state index in [1.165, 1.54) is 0 Å². The van der Waals surface area contributed by atoms with Crippen molar-refractivity contribution in [1.29, 1.82) is 0 Å². The van der Waals surface area contributed by atoms with Crippen LogP contribution in [0.4, 0.5) is 12.9 Å². The van der Waals surface area contributed by atoms with Gasteiger partial charge in [-0.05, 0) is 18.4 Å². The SMILES string of the molecule is CCOc1ccccc1C12CC([B-](F)(F)F)(C1)C2.[K+]. The van der Waals surface area contributed by atoms with Crippen LogP contribution in [0.25, 0.3) is 0 Å². The molecule has 0 amide bonds. The fourth-order valence-electron chi connectivity index (χ4n) is 3.69. The molecular weight excluding hydrogens is 279 g/mol. The van der Waals surface area contributed by atoms with Gasteiger partial charge in [0.1, 0.15) is 5.75 Å². The van der Waals surface area contributed by atoms with E-state index in [0.29, 0.717) is 6.61 Å². The Morgan fingerprint density at radius 1 is 1.16 bits per heavy atom. The van der Waals surface area contributed by atoms with E-state index in [0.717, 1.165) is 11.3 Å². The van der Waals surface area contributed by atoms with Crippen molar-refractivity contribution >= 4 is 6.98 Å². The van der Waals surface area contributed by atoms with Crippen LogP contribution in [0.3, 0.4) is 0 Å². The summed E-state index contributed by atoms with van der Waals surface area (Å²) in [7, 11) is 0. The molecule has 1 aromatic rings. The van der Waals surface area contributed by atoms with Gasteiger partial charge in [-0.1, -0.05) is 42.8 Å². The molecule has 0 aliphatic heterocycles. The van der Waals surface area contributed by atoms with Gasteiger partial charge in [-0.15, -0.1) is 0 Å². The number of hydrogen-bond donors (Lipinski definition) is 0. The maximum atomic E-state index is 12.9. The van der Waals surface area contributed by atoms with E-state index in [4.69, 9.17) is 4.74 Å². The molecule has 3 aliphatic carbocycles. The van der Waals surface area contributed by atoms with Crippen molar-refractivity contribution in [3.63, 3.8) is 0 Å². The van der Waals surface area contributed by atoms with Crippen LogP contribution in [-0.4, -0.2) is 13.6 Å². The largest absolute Gasteiger partial charge is 1.00 e. The Labute approximate surface area is 153 Å². The molecule has 4 rings (SSSR count). The predicted octanol–water partition coefficient (Wildman–Crippen LogP) is 1.11. The standard InChI is InChI=1S/C13H15BF3O.K/c1-2-18-11-6-4-3-5-10(11)12-7-13(8-12,9-12)14(15,16)17;/h3-6H,2,7-9H2,1H3;/q-1;+1. The average Bonchev–Trinajstić information content (AvgIpc) is 2.14. The maximum absolute atomic E-state index is 12.9. The molecular formula is C13H15BF3KO. The van der Waals surface area contributed by atoms with Crippen molar-refractivity contribution in [2.45, 2.75) is 36.9 Å². The van der Waals surface area contributed by atoms with Crippen molar-refractivity contribution < 1.29 is 69.1 Å². The predicted molar refractivity (Wildman–Crippen MR) is 64.9 cm³/mol. The minimum Gasteiger partial charge on any atom is -0.494 e. The summed E-state index contributed by atoms with van der Waals surface area (Å²) in [6.45, 7) is -2.26. The van der Waals surface area contributed by atoms with E-state index >= 15 is 0 Å². The van der Waals surface area contributed by atoms with Crippen molar-refractivity contribution in [2.24, 2.45) is 0 Å². The van der Waals surface area contributed by atoms with E-state index in [2.05, 4.69) is 0 Å². The molecule has 0 N–H and O–H groups in total. The zero-order valence-corrected chi connectivity index (χ0v) is 14.4. The monoisotopic (exact) mass is 294 g/mol. The first-order chi connectivity index (χ1) is 8.43. The third-order valence-corrected chi connectivity index (χ3v) is 4.52. The maximum Gasteiger partial charge on any atom is 1.00 e. The molecule has 1 aromatic carbocycles. The van der Waals surface area contributed by atoms with Gasteiger partial charge in [0, 0.05) is 5.56 Å². The normalized spacial score (nSPS) is 31.8. The van der Waals surface area contributed by atoms with Gasteiger partial charge in [0.25, 0.3) is 0 Å². The number of hydrogen-bond acceptors (Lipinski definition) is 1. The topological polar surface area (TPSA) is 9.23 Å². The van der Waals surface area contributed by atoms with Gasteiger partial charge in [-0.2, -0.15) is 0 Å². The van der Waals surface area contributed by atoms with Gasteiger partial charge in [-0.25, -0.2) is 0 Å². The summed E-state index contributed by atoms with van der Waals surface area (Å²) in [4.78, 5) is 0. The van der Waals surface area contributed by atoms with E-state index in [1.54, 1.807) is 0 Å². The number of para-hydroxylation sites is 1. The first-order valence-electron chi connectivity index (χ1n) is 6.34. The number of halogens is 3. The van der Waals surface area contributed by atoms with Gasteiger partial charge in [0.15, 0.2) is 0 Å². The van der Waals surface area contributed by atoms with Crippen LogP contribution in [-0.2, 0) is 5.41 Å². The third kappa shape index (κ3) is 2.24. The van der Waals surface area contributed by atoms with Crippen LogP contribution in [0.5, 0.6) is 5.75 Å². The molecule has 0 radical (unpaired) electrons. The van der Waals surface area contributed by atoms with Crippen molar-refractivity contribution in [3.05, 3.63) is 29.8 Å². The molecule has 0 saturated heterocycles. The van der Waals surface area contributed by atoms with Crippen molar-refractivity contribution in [3.8, 4) is 5.75 Å². The second kappa shape index (κ2) is 5.05. The van der Waals surface area contributed by atoms with Crippen LogP contribution in [0.1, 0.15) is 31.7 Å². The van der Waals surface area contributed by atoms with Crippen LogP contribution in [0, 0.1) is 0 Å². The quantitative estimate of drug-likeness (QED) is 0.756. The molecule has 3 saturated carbocycles. The molecule has 19 heavy (non-hydrogen) atoms. The summed E-state index contributed by atoms with van der Waals surface area (Å²) in [6.07, 6.45) is 0.773. The Morgan fingerprint density at radius 3 is 2.26 bits per heavy atom. The Kier molecular flexibility index (Phi) is 4.23. The van der Waals surface area contributed by atoms with E-state index in [1.807, 2.05) is 31.2 Å². The fourth-order valence-corrected chi connectivity index (χ4v) is 3.69. The Hall–Kier alpha value is 0.511. The summed E-state index contributed by atoms with van der Waals surface area (Å²) < 4.78 is 44.2. The first-order valence-corrected chi connectivity index (χ1v) is 6.34. The molecule has 0 heterocycles. The molecule has 0 spiro atoms. The van der Waals surface area contributed by atoms with Gasteiger partial charge < -0.3 is 17.7 Å². The van der Waals surface area contributed by atoms with Gasteiger partial charge >= 0.3 is 58.4 Å². The first kappa shape index (κ1) is 15.9. The Bertz CT molecular complexity index is 469. The van der Waals surface area contributed by atoms with Crippen molar-refractivity contribution in [1.82, 2.24) is 0 Å². The van der Waals surface area contributed by atoms with Crippen molar-refractivity contribution in [2.75, 3.05) is 6.61 Å². The zero-order chi connectivity index (χ0) is 13.0. The molecule has 3 aliphatic rings. The van der Waals surface area contributed by atoms with E-state index < -0.39 is 12.3 Å². The van der Waals surface area contributed by atoms with Crippen LogP contribution in [0.15, 0.2) is 24.3 Å². The van der Waals surface area contributed by atoms with Gasteiger partial charge in [0.2, 0.25) is 0 Å². The molecule has 2 bridgehead atoms. The summed E-state index contributed by atoms with van der Waals surface area (Å²) in [5.74, 6) is 0.753. The van der Waals surface area contributed by atoms with Gasteiger partial charge in [0.05, 0.1) is 6.61 Å². The molecule has 98 valence electrons. The third-order valence-electron chi connectivity index (χ3n) is 4.52. The fraction of sp³-hybridized carbons (Fsp3) is 0.538. The molecule has 1 nitrogen and oxygen atoms in total. The minimum absolute atomic E-state index is 0. The zero-order valence-electron chi connectivity index (χ0n) is 11.3. The molecule has 0 aromatic heterocycles. The number of benzene rings is 1. The van der Waals surface area contributed by atoms with Crippen LogP contribution < -0.4 is 56.1 Å². The molecule has 3 fully saturated rings. The smallest absolute Gasteiger partial charge is 0.494 e. The van der Waals surface area contributed by atoms with Crippen LogP contribution >= 0.6 is 0 Å². The second-order valence-corrected chi connectivity index (χ2v) is 5.68. The van der Waals surface area contributed by atoms with Crippen LogP contribution in [0.2, 0.25) is 5.31 Å². The summed E-state index contributed by atoms with van der Waals surface area (Å²) in [5.41, 5.74) is 0.706. The second-order valence-electron chi connectivity index (χ2n) is 5.68. The van der Waals surface area contributed by atoms with E-state index in [-0.39, 0.29) is 76.1 Å². The Balaban J connectivity index is 0.00000133. The Morgan fingerprint density at radius 2 is 1.74 bits per heavy atom. The number of ether oxygens (including phenoxy) is 1. The molecule has 0 atom stereocenters. The number of rotatable bonds is 4. The van der Waals surface area contributed by atoms with Gasteiger partial charge in [-0.3, -0.25) is 0 Å². The van der Waals surface area contributed by atoms with E-state index in [9.17, 15) is 12.9 Å².